The van der Waals surface area contributed by atoms with Gasteiger partial charge in [0.2, 0.25) is 5.88 Å². The van der Waals surface area contributed by atoms with E-state index in [1.807, 2.05) is 0 Å². The Morgan fingerprint density at radius 3 is 2.79 bits per heavy atom. The molecule has 0 aliphatic carbocycles. The second kappa shape index (κ2) is 5.49. The Labute approximate surface area is 110 Å². The van der Waals surface area contributed by atoms with Gasteiger partial charge in [0.1, 0.15) is 5.75 Å². The number of nitrogens with zero attached hydrogens (tertiary/aromatic N) is 1. The average Bonchev–Trinajstić information content (AvgIpc) is 2.39. The van der Waals surface area contributed by atoms with Crippen LogP contribution in [-0.4, -0.2) is 16.0 Å². The molecule has 19 heavy (non-hydrogen) atoms. The predicted molar refractivity (Wildman–Crippen MR) is 69.9 cm³/mol. The molecule has 0 aliphatic rings. The number of pyridine rings is 1. The third-order valence-electron chi connectivity index (χ3n) is 2.61. The van der Waals surface area contributed by atoms with Gasteiger partial charge in [-0.15, -0.1) is 0 Å². The molecule has 0 bridgehead atoms. The minimum atomic E-state index is -0.614. The number of ether oxygens (including phenoxy) is 1. The van der Waals surface area contributed by atoms with Gasteiger partial charge in [0.15, 0.2) is 0 Å². The van der Waals surface area contributed by atoms with Gasteiger partial charge in [-0.25, -0.2) is 4.98 Å². The van der Waals surface area contributed by atoms with Gasteiger partial charge in [-0.1, -0.05) is 12.1 Å². The van der Waals surface area contributed by atoms with E-state index in [0.717, 1.165) is 0 Å². The number of carbonyl (C=O) groups is 1. The molecule has 2 aromatic rings. The molecular weight excluding hydrogens is 244 g/mol. The molecule has 0 fully saturated rings. The zero-order valence-electron chi connectivity index (χ0n) is 10.4. The highest BCUT2D eigenvalue weighted by atomic mass is 16.5. The first-order chi connectivity index (χ1) is 9.08. The highest BCUT2D eigenvalue weighted by Crippen LogP contribution is 2.25. The van der Waals surface area contributed by atoms with E-state index in [2.05, 4.69) is 4.98 Å². The van der Waals surface area contributed by atoms with Crippen molar-refractivity contribution in [2.45, 2.75) is 13.0 Å². The Hall–Kier alpha value is -2.40. The number of benzene rings is 1. The molecule has 1 aromatic carbocycles. The Bertz CT molecular complexity index is 597. The van der Waals surface area contributed by atoms with E-state index >= 15 is 0 Å². The van der Waals surface area contributed by atoms with Gasteiger partial charge in [0, 0.05) is 12.3 Å². The molecule has 5 heteroatoms. The van der Waals surface area contributed by atoms with Crippen LogP contribution in [0.5, 0.6) is 11.6 Å². The number of hydrogen-bond donors (Lipinski definition) is 2. The lowest BCUT2D eigenvalue weighted by Crippen LogP contribution is -2.12. The van der Waals surface area contributed by atoms with Crippen LogP contribution < -0.4 is 10.5 Å². The SMILES string of the molecule is CC(O)c1ccnc(Oc2ccccc2C(N)=O)c1. The first kappa shape index (κ1) is 13.0. The summed E-state index contributed by atoms with van der Waals surface area (Å²) in [7, 11) is 0. The van der Waals surface area contributed by atoms with Crippen LogP contribution in [0.1, 0.15) is 28.9 Å². The summed E-state index contributed by atoms with van der Waals surface area (Å²) in [6, 6.07) is 9.96. The minimum Gasteiger partial charge on any atom is -0.438 e. The van der Waals surface area contributed by atoms with Gasteiger partial charge in [0.05, 0.1) is 11.7 Å². The number of rotatable bonds is 4. The largest absolute Gasteiger partial charge is 0.438 e. The quantitative estimate of drug-likeness (QED) is 0.878. The van der Waals surface area contributed by atoms with E-state index in [1.165, 1.54) is 6.20 Å². The molecule has 0 spiro atoms. The van der Waals surface area contributed by atoms with E-state index in [-0.39, 0.29) is 5.56 Å². The number of amides is 1. The Kier molecular flexibility index (Phi) is 3.77. The lowest BCUT2D eigenvalue weighted by Gasteiger charge is -2.10. The predicted octanol–water partition coefficient (Wildman–Crippen LogP) is 2.03. The molecule has 1 amide bonds. The minimum absolute atomic E-state index is 0.284. The molecule has 3 N–H and O–H groups in total. The Morgan fingerprint density at radius 2 is 2.11 bits per heavy atom. The number of aromatic nitrogens is 1. The van der Waals surface area contributed by atoms with Crippen LogP contribution in [-0.2, 0) is 0 Å². The van der Waals surface area contributed by atoms with Crippen molar-refractivity contribution in [3.8, 4) is 11.6 Å². The van der Waals surface area contributed by atoms with Crippen LogP contribution in [0, 0.1) is 0 Å². The summed E-state index contributed by atoms with van der Waals surface area (Å²) in [6.45, 7) is 1.65. The summed E-state index contributed by atoms with van der Waals surface area (Å²) >= 11 is 0. The molecule has 5 nitrogen and oxygen atoms in total. The molecule has 0 saturated heterocycles. The third-order valence-corrected chi connectivity index (χ3v) is 2.61. The number of aliphatic hydroxyl groups excluding tert-OH is 1. The number of hydrogen-bond acceptors (Lipinski definition) is 4. The maximum absolute atomic E-state index is 11.3. The van der Waals surface area contributed by atoms with Crippen molar-refractivity contribution in [1.82, 2.24) is 4.98 Å². The summed E-state index contributed by atoms with van der Waals surface area (Å²) in [6.07, 6.45) is 0.918. The van der Waals surface area contributed by atoms with Crippen molar-refractivity contribution in [2.75, 3.05) is 0 Å². The summed E-state index contributed by atoms with van der Waals surface area (Å²) in [5, 5.41) is 9.50. The highest BCUT2D eigenvalue weighted by molar-refractivity contribution is 5.95. The molecule has 0 aliphatic heterocycles. The van der Waals surface area contributed by atoms with Gasteiger partial charge in [0.25, 0.3) is 5.91 Å². The van der Waals surface area contributed by atoms with Crippen LogP contribution in [0.2, 0.25) is 0 Å². The number of para-hydroxylation sites is 1. The van der Waals surface area contributed by atoms with Crippen molar-refractivity contribution in [1.29, 1.82) is 0 Å². The molecular formula is C14H14N2O3. The third kappa shape index (κ3) is 3.08. The smallest absolute Gasteiger partial charge is 0.252 e. The average molecular weight is 258 g/mol. The van der Waals surface area contributed by atoms with Crippen LogP contribution in [0.15, 0.2) is 42.6 Å². The first-order valence-electron chi connectivity index (χ1n) is 5.78. The summed E-state index contributed by atoms with van der Waals surface area (Å²) in [5.74, 6) is 0.0691. The fraction of sp³-hybridized carbons (Fsp3) is 0.143. The highest BCUT2D eigenvalue weighted by Gasteiger charge is 2.10. The number of nitrogens with two attached hydrogens (primary N) is 1. The first-order valence-corrected chi connectivity index (χ1v) is 5.78. The van der Waals surface area contributed by atoms with Crippen molar-refractivity contribution in [3.05, 3.63) is 53.7 Å². The fourth-order valence-corrected chi connectivity index (χ4v) is 1.61. The van der Waals surface area contributed by atoms with Gasteiger partial charge < -0.3 is 15.6 Å². The van der Waals surface area contributed by atoms with Gasteiger partial charge >= 0.3 is 0 Å². The zero-order chi connectivity index (χ0) is 13.8. The van der Waals surface area contributed by atoms with E-state index in [0.29, 0.717) is 17.2 Å². The van der Waals surface area contributed by atoms with Gasteiger partial charge in [-0.05, 0) is 30.7 Å². The summed E-state index contributed by atoms with van der Waals surface area (Å²) in [4.78, 5) is 15.3. The van der Waals surface area contributed by atoms with Crippen molar-refractivity contribution >= 4 is 5.91 Å². The van der Waals surface area contributed by atoms with Crippen molar-refractivity contribution < 1.29 is 14.6 Å². The van der Waals surface area contributed by atoms with E-state index < -0.39 is 12.0 Å². The second-order valence-corrected chi connectivity index (χ2v) is 4.07. The number of aliphatic hydroxyl groups is 1. The molecule has 0 radical (unpaired) electrons. The van der Waals surface area contributed by atoms with E-state index in [4.69, 9.17) is 10.5 Å². The Balaban J connectivity index is 2.31. The molecule has 1 unspecified atom stereocenters. The monoisotopic (exact) mass is 258 g/mol. The second-order valence-electron chi connectivity index (χ2n) is 4.07. The fourth-order valence-electron chi connectivity index (χ4n) is 1.61. The van der Waals surface area contributed by atoms with E-state index in [9.17, 15) is 9.90 Å². The van der Waals surface area contributed by atoms with Crippen molar-refractivity contribution in [3.63, 3.8) is 0 Å². The topological polar surface area (TPSA) is 85.4 Å². The molecule has 2 rings (SSSR count). The molecule has 1 aromatic heterocycles. The summed E-state index contributed by atoms with van der Waals surface area (Å²) in [5.41, 5.74) is 6.23. The maximum atomic E-state index is 11.3. The summed E-state index contributed by atoms with van der Waals surface area (Å²) < 4.78 is 5.54. The lowest BCUT2D eigenvalue weighted by molar-refractivity contribution is 0.0998. The van der Waals surface area contributed by atoms with Gasteiger partial charge in [-0.2, -0.15) is 0 Å². The van der Waals surface area contributed by atoms with Gasteiger partial charge in [-0.3, -0.25) is 4.79 Å². The Morgan fingerprint density at radius 1 is 1.37 bits per heavy atom. The standard InChI is InChI=1S/C14H14N2O3/c1-9(17)10-6-7-16-13(8-10)19-12-5-3-2-4-11(12)14(15)18/h2-9,17H,1H3,(H2,15,18). The maximum Gasteiger partial charge on any atom is 0.252 e. The van der Waals surface area contributed by atoms with Crippen LogP contribution in [0.3, 0.4) is 0 Å². The van der Waals surface area contributed by atoms with Crippen LogP contribution in [0.4, 0.5) is 0 Å². The molecule has 1 atom stereocenters. The lowest BCUT2D eigenvalue weighted by atomic mass is 10.2. The van der Waals surface area contributed by atoms with Crippen LogP contribution in [0.25, 0.3) is 0 Å². The van der Waals surface area contributed by atoms with Crippen molar-refractivity contribution in [2.24, 2.45) is 5.73 Å². The molecule has 0 saturated carbocycles. The number of carbonyl (C=O) groups excluding carboxylic acids is 1. The molecule has 1 heterocycles. The zero-order valence-corrected chi connectivity index (χ0v) is 10.4. The molecule has 98 valence electrons. The van der Waals surface area contributed by atoms with Crippen LogP contribution >= 0.6 is 0 Å². The van der Waals surface area contributed by atoms with E-state index in [1.54, 1.807) is 43.3 Å². The normalized spacial score (nSPS) is 11.9. The number of primary amides is 1.